The molecule has 24 heavy (non-hydrogen) atoms. The minimum atomic E-state index is -4.87. The molecule has 0 radical (unpaired) electrons. The standard InChI is InChI=1S/C14H11F3N2O5/c1-7-6-18-12(23-7)8(2)24-13(20)10-5-9(19(21)22)3-4-11(10)14(15,16)17/h3-6,8H,1-2H3. The lowest BCUT2D eigenvalue weighted by Crippen LogP contribution is -2.17. The van der Waals surface area contributed by atoms with Crippen molar-refractivity contribution < 1.29 is 32.0 Å². The number of nitrogens with zero attached hydrogens (tertiary/aromatic N) is 2. The van der Waals surface area contributed by atoms with Crippen molar-refractivity contribution in [1.29, 1.82) is 0 Å². The maximum absolute atomic E-state index is 13.0. The van der Waals surface area contributed by atoms with E-state index in [0.29, 0.717) is 24.0 Å². The molecule has 0 saturated carbocycles. The number of carbonyl (C=O) groups is 1. The second kappa shape index (κ2) is 6.30. The highest BCUT2D eigenvalue weighted by Gasteiger charge is 2.37. The van der Waals surface area contributed by atoms with Crippen LogP contribution in [0, 0.1) is 17.0 Å². The number of nitro groups is 1. The maximum Gasteiger partial charge on any atom is 0.417 e. The van der Waals surface area contributed by atoms with Crippen LogP contribution in [0.3, 0.4) is 0 Å². The first kappa shape index (κ1) is 17.4. The third-order valence-corrected chi connectivity index (χ3v) is 3.01. The van der Waals surface area contributed by atoms with Crippen molar-refractivity contribution in [1.82, 2.24) is 4.98 Å². The summed E-state index contributed by atoms with van der Waals surface area (Å²) < 4.78 is 49.0. The fourth-order valence-electron chi connectivity index (χ4n) is 1.90. The summed E-state index contributed by atoms with van der Waals surface area (Å²) in [5.74, 6) is -0.937. The lowest BCUT2D eigenvalue weighted by Gasteiger charge is -2.14. The van der Waals surface area contributed by atoms with E-state index in [4.69, 9.17) is 9.15 Å². The SMILES string of the molecule is Cc1cnc(C(C)OC(=O)c2cc([N+](=O)[O-])ccc2C(F)(F)F)o1. The van der Waals surface area contributed by atoms with E-state index < -0.39 is 40.0 Å². The van der Waals surface area contributed by atoms with Crippen molar-refractivity contribution in [2.24, 2.45) is 0 Å². The van der Waals surface area contributed by atoms with Crippen LogP contribution in [0.25, 0.3) is 0 Å². The third-order valence-electron chi connectivity index (χ3n) is 3.01. The van der Waals surface area contributed by atoms with Gasteiger partial charge in [0.25, 0.3) is 5.69 Å². The van der Waals surface area contributed by atoms with Gasteiger partial charge in [-0.1, -0.05) is 0 Å². The number of nitro benzene ring substituents is 1. The highest BCUT2D eigenvalue weighted by Crippen LogP contribution is 2.34. The van der Waals surface area contributed by atoms with Crippen LogP contribution in [-0.2, 0) is 10.9 Å². The monoisotopic (exact) mass is 344 g/mol. The number of halogens is 3. The molecule has 1 aromatic heterocycles. The molecule has 2 aromatic rings. The van der Waals surface area contributed by atoms with Crippen LogP contribution in [0.2, 0.25) is 0 Å². The number of benzene rings is 1. The predicted octanol–water partition coefficient (Wildman–Crippen LogP) is 3.83. The van der Waals surface area contributed by atoms with E-state index in [1.807, 2.05) is 0 Å². The summed E-state index contributed by atoms with van der Waals surface area (Å²) in [7, 11) is 0. The number of oxazole rings is 1. The second-order valence-corrected chi connectivity index (χ2v) is 4.84. The Balaban J connectivity index is 2.36. The molecule has 0 aliphatic rings. The first-order chi connectivity index (χ1) is 11.1. The Morgan fingerprint density at radius 1 is 1.42 bits per heavy atom. The molecule has 0 aliphatic carbocycles. The van der Waals surface area contributed by atoms with Gasteiger partial charge in [-0.15, -0.1) is 0 Å². The van der Waals surface area contributed by atoms with Gasteiger partial charge in [0.1, 0.15) is 5.76 Å². The number of alkyl halides is 3. The molecule has 0 spiro atoms. The van der Waals surface area contributed by atoms with Gasteiger partial charge in [-0.25, -0.2) is 9.78 Å². The third kappa shape index (κ3) is 3.70. The predicted molar refractivity (Wildman–Crippen MR) is 73.2 cm³/mol. The zero-order valence-corrected chi connectivity index (χ0v) is 12.5. The number of hydrogen-bond acceptors (Lipinski definition) is 6. The van der Waals surface area contributed by atoms with Crippen LogP contribution in [-0.4, -0.2) is 15.9 Å². The number of aryl methyl sites for hydroxylation is 1. The minimum Gasteiger partial charge on any atom is -0.449 e. The van der Waals surface area contributed by atoms with Crippen LogP contribution in [0.4, 0.5) is 18.9 Å². The summed E-state index contributed by atoms with van der Waals surface area (Å²) in [4.78, 5) is 25.7. The maximum atomic E-state index is 13.0. The smallest absolute Gasteiger partial charge is 0.417 e. The van der Waals surface area contributed by atoms with E-state index in [1.165, 1.54) is 13.1 Å². The zero-order valence-electron chi connectivity index (χ0n) is 12.5. The second-order valence-electron chi connectivity index (χ2n) is 4.84. The molecule has 0 saturated heterocycles. The normalized spacial score (nSPS) is 12.7. The van der Waals surface area contributed by atoms with Crippen LogP contribution in [0.1, 0.15) is 40.6 Å². The van der Waals surface area contributed by atoms with Crippen LogP contribution in [0.15, 0.2) is 28.8 Å². The number of non-ortho nitro benzene ring substituents is 1. The highest BCUT2D eigenvalue weighted by atomic mass is 19.4. The average Bonchev–Trinajstić information content (AvgIpc) is 2.92. The molecule has 10 heteroatoms. The molecule has 1 atom stereocenters. The van der Waals surface area contributed by atoms with Gasteiger partial charge in [-0.2, -0.15) is 13.2 Å². The van der Waals surface area contributed by atoms with Gasteiger partial charge in [0.05, 0.1) is 22.2 Å². The van der Waals surface area contributed by atoms with Crippen LogP contribution < -0.4 is 0 Å². The molecule has 128 valence electrons. The van der Waals surface area contributed by atoms with Gasteiger partial charge in [0.2, 0.25) is 5.89 Å². The summed E-state index contributed by atoms with van der Waals surface area (Å²) in [6.07, 6.45) is -4.58. The van der Waals surface area contributed by atoms with Gasteiger partial charge in [-0.05, 0) is 19.9 Å². The van der Waals surface area contributed by atoms with Crippen molar-refractivity contribution in [2.45, 2.75) is 26.1 Å². The number of ether oxygens (including phenoxy) is 1. The summed E-state index contributed by atoms with van der Waals surface area (Å²) in [5.41, 5.74) is -2.93. The van der Waals surface area contributed by atoms with E-state index in [-0.39, 0.29) is 5.89 Å². The highest BCUT2D eigenvalue weighted by molar-refractivity contribution is 5.92. The van der Waals surface area contributed by atoms with Crippen LogP contribution >= 0.6 is 0 Å². The van der Waals surface area contributed by atoms with Gasteiger partial charge < -0.3 is 9.15 Å². The van der Waals surface area contributed by atoms with E-state index >= 15 is 0 Å². The lowest BCUT2D eigenvalue weighted by molar-refractivity contribution is -0.384. The molecule has 1 unspecified atom stereocenters. The molecule has 0 fully saturated rings. The quantitative estimate of drug-likeness (QED) is 0.475. The van der Waals surface area contributed by atoms with E-state index in [0.717, 1.165) is 0 Å². The summed E-state index contributed by atoms with van der Waals surface area (Å²) in [6, 6.07) is 1.66. The number of carbonyl (C=O) groups excluding carboxylic acids is 1. The lowest BCUT2D eigenvalue weighted by atomic mass is 10.1. The summed E-state index contributed by atoms with van der Waals surface area (Å²) >= 11 is 0. The van der Waals surface area contributed by atoms with Crippen molar-refractivity contribution in [3.63, 3.8) is 0 Å². The molecule has 0 aliphatic heterocycles. The Bertz CT molecular complexity index is 785. The Hall–Kier alpha value is -2.91. The molecule has 0 N–H and O–H groups in total. The average molecular weight is 344 g/mol. The van der Waals surface area contributed by atoms with Gasteiger partial charge >= 0.3 is 12.1 Å². The molecule has 2 rings (SSSR count). The molecule has 1 heterocycles. The first-order valence-corrected chi connectivity index (χ1v) is 6.58. The fraction of sp³-hybridized carbons (Fsp3) is 0.286. The molecule has 0 amide bonds. The van der Waals surface area contributed by atoms with Crippen molar-refractivity contribution >= 4 is 11.7 Å². The first-order valence-electron chi connectivity index (χ1n) is 6.58. The topological polar surface area (TPSA) is 95.5 Å². The van der Waals surface area contributed by atoms with Gasteiger partial charge in [-0.3, -0.25) is 10.1 Å². The van der Waals surface area contributed by atoms with Crippen molar-refractivity contribution in [2.75, 3.05) is 0 Å². The van der Waals surface area contributed by atoms with Crippen molar-refractivity contribution in [3.05, 3.63) is 57.3 Å². The van der Waals surface area contributed by atoms with E-state index in [9.17, 15) is 28.1 Å². The largest absolute Gasteiger partial charge is 0.449 e. The van der Waals surface area contributed by atoms with E-state index in [1.54, 1.807) is 6.92 Å². The number of aromatic nitrogens is 1. The molecule has 7 nitrogen and oxygen atoms in total. The van der Waals surface area contributed by atoms with E-state index in [2.05, 4.69) is 4.98 Å². The number of esters is 1. The molecular weight excluding hydrogens is 333 g/mol. The van der Waals surface area contributed by atoms with Crippen molar-refractivity contribution in [3.8, 4) is 0 Å². The van der Waals surface area contributed by atoms with Gasteiger partial charge in [0, 0.05) is 12.1 Å². The van der Waals surface area contributed by atoms with Gasteiger partial charge in [0.15, 0.2) is 6.10 Å². The Morgan fingerprint density at radius 3 is 2.58 bits per heavy atom. The summed E-state index contributed by atoms with van der Waals surface area (Å²) in [6.45, 7) is 2.95. The Kier molecular flexibility index (Phi) is 4.58. The molecule has 1 aromatic carbocycles. The Labute approximate surface area is 133 Å². The molecular formula is C14H11F3N2O5. The summed E-state index contributed by atoms with van der Waals surface area (Å²) in [5, 5.41) is 10.7. The molecule has 0 bridgehead atoms. The number of hydrogen-bond donors (Lipinski definition) is 0. The fourth-order valence-corrected chi connectivity index (χ4v) is 1.90. The number of rotatable bonds is 4. The Morgan fingerprint density at radius 2 is 2.08 bits per heavy atom. The minimum absolute atomic E-state index is 0.000149. The van der Waals surface area contributed by atoms with Crippen LogP contribution in [0.5, 0.6) is 0 Å². The zero-order chi connectivity index (χ0) is 18.1.